The first kappa shape index (κ1) is 15.7. The van der Waals surface area contributed by atoms with Crippen molar-refractivity contribution in [3.05, 3.63) is 23.3 Å². The highest BCUT2D eigenvalue weighted by molar-refractivity contribution is 5.45. The van der Waals surface area contributed by atoms with Crippen LogP contribution in [0.25, 0.3) is 0 Å². The van der Waals surface area contributed by atoms with Crippen molar-refractivity contribution in [3.8, 4) is 11.5 Å². The predicted molar refractivity (Wildman–Crippen MR) is 90.3 cm³/mol. The van der Waals surface area contributed by atoms with E-state index < -0.39 is 0 Å². The zero-order chi connectivity index (χ0) is 15.8. The van der Waals surface area contributed by atoms with E-state index in [1.54, 1.807) is 12.1 Å². The monoisotopic (exact) mass is 302 g/mol. The highest BCUT2D eigenvalue weighted by Crippen LogP contribution is 2.50. The molecule has 0 bridgehead atoms. The highest BCUT2D eigenvalue weighted by Gasteiger charge is 2.36. The molecule has 0 saturated heterocycles. The van der Waals surface area contributed by atoms with Crippen molar-refractivity contribution in [2.24, 2.45) is 10.8 Å². The summed E-state index contributed by atoms with van der Waals surface area (Å²) >= 11 is 0. The Morgan fingerprint density at radius 3 is 1.45 bits per heavy atom. The first-order valence-corrected chi connectivity index (χ1v) is 8.93. The number of rotatable bonds is 8. The van der Waals surface area contributed by atoms with Gasteiger partial charge in [0, 0.05) is 0 Å². The molecule has 2 aliphatic carbocycles. The smallest absolute Gasteiger partial charge is 0.157 e. The molecule has 0 amide bonds. The maximum atomic E-state index is 9.81. The second kappa shape index (κ2) is 5.79. The van der Waals surface area contributed by atoms with Crippen molar-refractivity contribution in [3.63, 3.8) is 0 Å². The van der Waals surface area contributed by atoms with E-state index in [2.05, 4.69) is 13.8 Å². The van der Waals surface area contributed by atoms with Crippen molar-refractivity contribution in [1.82, 2.24) is 0 Å². The number of aromatic hydroxyl groups is 2. The Kier molecular flexibility index (Phi) is 4.13. The third kappa shape index (κ3) is 3.97. The van der Waals surface area contributed by atoms with Crippen LogP contribution in [0.15, 0.2) is 12.1 Å². The van der Waals surface area contributed by atoms with Crippen LogP contribution >= 0.6 is 0 Å². The van der Waals surface area contributed by atoms with Crippen LogP contribution in [-0.4, -0.2) is 10.2 Å². The van der Waals surface area contributed by atoms with E-state index in [9.17, 15) is 10.2 Å². The minimum Gasteiger partial charge on any atom is -0.504 e. The number of aryl methyl sites for hydroxylation is 2. The standard InChI is InChI=1S/C20H30O2/c1-19(9-10-19)7-3-5-15-13-17(21)18(22)14-16(15)6-4-8-20(2)11-12-20/h13-14,21-22H,3-12H2,1-2H3. The maximum absolute atomic E-state index is 9.81. The van der Waals surface area contributed by atoms with Gasteiger partial charge in [0.1, 0.15) is 0 Å². The third-order valence-corrected chi connectivity index (χ3v) is 5.96. The molecular weight excluding hydrogens is 272 g/mol. The van der Waals surface area contributed by atoms with Crippen LogP contribution in [-0.2, 0) is 12.8 Å². The quantitative estimate of drug-likeness (QED) is 0.636. The third-order valence-electron chi connectivity index (χ3n) is 5.96. The first-order valence-electron chi connectivity index (χ1n) is 8.93. The molecule has 0 heterocycles. The van der Waals surface area contributed by atoms with Crippen molar-refractivity contribution >= 4 is 0 Å². The van der Waals surface area contributed by atoms with Crippen LogP contribution in [0.4, 0.5) is 0 Å². The fraction of sp³-hybridized carbons (Fsp3) is 0.700. The Balaban J connectivity index is 1.59. The van der Waals surface area contributed by atoms with Gasteiger partial charge in [0.05, 0.1) is 0 Å². The maximum Gasteiger partial charge on any atom is 0.157 e. The molecular formula is C20H30O2. The Bertz CT molecular complexity index is 490. The Morgan fingerprint density at radius 2 is 1.14 bits per heavy atom. The predicted octanol–water partition coefficient (Wildman–Crippen LogP) is 5.34. The molecule has 122 valence electrons. The SMILES string of the molecule is CC1(CCCc2cc(O)c(O)cc2CCCC2(C)CC2)CC1. The normalized spacial score (nSPS) is 20.8. The van der Waals surface area contributed by atoms with Crippen LogP contribution in [0, 0.1) is 10.8 Å². The Hall–Kier alpha value is -1.18. The zero-order valence-corrected chi connectivity index (χ0v) is 14.1. The summed E-state index contributed by atoms with van der Waals surface area (Å²) in [5.74, 6) is 0.0658. The Labute approximate surface area is 134 Å². The van der Waals surface area contributed by atoms with E-state index in [4.69, 9.17) is 0 Å². The van der Waals surface area contributed by atoms with Gasteiger partial charge < -0.3 is 10.2 Å². The highest BCUT2D eigenvalue weighted by atomic mass is 16.3. The van der Waals surface area contributed by atoms with Gasteiger partial charge in [-0.25, -0.2) is 0 Å². The van der Waals surface area contributed by atoms with Gasteiger partial charge >= 0.3 is 0 Å². The lowest BCUT2D eigenvalue weighted by molar-refractivity contribution is 0.401. The van der Waals surface area contributed by atoms with Gasteiger partial charge in [-0.05, 0) is 98.3 Å². The molecule has 22 heavy (non-hydrogen) atoms. The van der Waals surface area contributed by atoms with Crippen LogP contribution in [0.5, 0.6) is 11.5 Å². The molecule has 0 spiro atoms. The van der Waals surface area contributed by atoms with Gasteiger partial charge in [-0.1, -0.05) is 13.8 Å². The molecule has 0 aliphatic heterocycles. The van der Waals surface area contributed by atoms with E-state index in [-0.39, 0.29) is 11.5 Å². The summed E-state index contributed by atoms with van der Waals surface area (Å²) in [5.41, 5.74) is 3.67. The lowest BCUT2D eigenvalue weighted by Gasteiger charge is -2.14. The van der Waals surface area contributed by atoms with Gasteiger partial charge in [0.15, 0.2) is 11.5 Å². The van der Waals surface area contributed by atoms with Gasteiger partial charge in [0.2, 0.25) is 0 Å². The molecule has 2 nitrogen and oxygen atoms in total. The fourth-order valence-corrected chi connectivity index (χ4v) is 3.47. The molecule has 1 aromatic carbocycles. The van der Waals surface area contributed by atoms with Gasteiger partial charge in [0.25, 0.3) is 0 Å². The average Bonchev–Trinajstić information content (AvgIpc) is 3.36. The first-order chi connectivity index (χ1) is 10.4. The number of phenols is 2. The molecule has 2 saturated carbocycles. The molecule has 0 radical (unpaired) electrons. The largest absolute Gasteiger partial charge is 0.504 e. The zero-order valence-electron chi connectivity index (χ0n) is 14.1. The lowest BCUT2D eigenvalue weighted by Crippen LogP contribution is -2.00. The van der Waals surface area contributed by atoms with Crippen molar-refractivity contribution < 1.29 is 10.2 Å². The molecule has 0 aromatic heterocycles. The molecule has 3 rings (SSSR count). The van der Waals surface area contributed by atoms with E-state index in [1.807, 2.05) is 0 Å². The van der Waals surface area contributed by atoms with E-state index in [0.717, 1.165) is 12.8 Å². The summed E-state index contributed by atoms with van der Waals surface area (Å²) in [6.07, 6.45) is 12.5. The van der Waals surface area contributed by atoms with E-state index in [0.29, 0.717) is 10.8 Å². The molecule has 0 atom stereocenters. The van der Waals surface area contributed by atoms with E-state index >= 15 is 0 Å². The number of hydrogen-bond donors (Lipinski definition) is 2. The minimum absolute atomic E-state index is 0.0329. The van der Waals surface area contributed by atoms with Crippen molar-refractivity contribution in [2.45, 2.75) is 78.1 Å². The summed E-state index contributed by atoms with van der Waals surface area (Å²) in [5, 5.41) is 19.6. The topological polar surface area (TPSA) is 40.5 Å². The second-order valence-electron chi connectivity index (χ2n) is 8.44. The molecule has 2 aliphatic rings. The van der Waals surface area contributed by atoms with Gasteiger partial charge in [-0.3, -0.25) is 0 Å². The van der Waals surface area contributed by atoms with Crippen LogP contribution < -0.4 is 0 Å². The second-order valence-corrected chi connectivity index (χ2v) is 8.44. The van der Waals surface area contributed by atoms with Crippen LogP contribution in [0.3, 0.4) is 0 Å². The average molecular weight is 302 g/mol. The van der Waals surface area contributed by atoms with Crippen molar-refractivity contribution in [1.29, 1.82) is 0 Å². The summed E-state index contributed by atoms with van der Waals surface area (Å²) in [4.78, 5) is 0. The summed E-state index contributed by atoms with van der Waals surface area (Å²) in [6.45, 7) is 4.75. The molecule has 1 aromatic rings. The lowest BCUT2D eigenvalue weighted by atomic mass is 9.92. The summed E-state index contributed by atoms with van der Waals surface area (Å²) in [7, 11) is 0. The summed E-state index contributed by atoms with van der Waals surface area (Å²) < 4.78 is 0. The molecule has 0 unspecified atom stereocenters. The van der Waals surface area contributed by atoms with E-state index in [1.165, 1.54) is 62.5 Å². The molecule has 2 fully saturated rings. The van der Waals surface area contributed by atoms with Crippen molar-refractivity contribution in [2.75, 3.05) is 0 Å². The summed E-state index contributed by atoms with van der Waals surface area (Å²) in [6, 6.07) is 3.58. The Morgan fingerprint density at radius 1 is 0.773 bits per heavy atom. The number of hydrogen-bond acceptors (Lipinski definition) is 2. The molecule has 2 N–H and O–H groups in total. The fourth-order valence-electron chi connectivity index (χ4n) is 3.47. The minimum atomic E-state index is 0.0329. The van der Waals surface area contributed by atoms with Crippen LogP contribution in [0.2, 0.25) is 0 Å². The molecule has 2 heteroatoms. The van der Waals surface area contributed by atoms with Crippen LogP contribution in [0.1, 0.15) is 76.3 Å². The van der Waals surface area contributed by atoms with Gasteiger partial charge in [-0.2, -0.15) is 0 Å². The number of benzene rings is 1. The van der Waals surface area contributed by atoms with Gasteiger partial charge in [-0.15, -0.1) is 0 Å². The number of phenolic OH excluding ortho intramolecular Hbond substituents is 2.